The van der Waals surface area contributed by atoms with E-state index in [0.717, 1.165) is 5.75 Å². The van der Waals surface area contributed by atoms with Gasteiger partial charge in [0.2, 0.25) is 0 Å². The Morgan fingerprint density at radius 1 is 1.19 bits per heavy atom. The Labute approximate surface area is 95.0 Å². The summed E-state index contributed by atoms with van der Waals surface area (Å²) in [6.45, 7) is 0. The molecule has 1 aliphatic rings. The number of benzene rings is 1. The maximum absolute atomic E-state index is 10.9. The van der Waals surface area contributed by atoms with E-state index in [0.29, 0.717) is 19.3 Å². The molecule has 2 atom stereocenters. The van der Waals surface area contributed by atoms with Gasteiger partial charge in [-0.05, 0) is 25.0 Å². The first-order valence-electron chi connectivity index (χ1n) is 5.24. The molecule has 0 amide bonds. The molecule has 0 spiro atoms. The standard InChI is InChI=1S/C11H14O4S/c12-16(13,14)11-7-6-10(8-11)15-9-4-2-1-3-5-9/h1-5,10-11H,6-8H2,(H,12,13,14). The van der Waals surface area contributed by atoms with E-state index in [1.165, 1.54) is 0 Å². The van der Waals surface area contributed by atoms with Crippen LogP contribution in [-0.2, 0) is 10.1 Å². The Balaban J connectivity index is 1.96. The van der Waals surface area contributed by atoms with Crippen LogP contribution in [0.1, 0.15) is 19.3 Å². The van der Waals surface area contributed by atoms with Crippen molar-refractivity contribution in [1.82, 2.24) is 0 Å². The topological polar surface area (TPSA) is 63.6 Å². The van der Waals surface area contributed by atoms with Crippen LogP contribution in [0.5, 0.6) is 5.75 Å². The molecular weight excluding hydrogens is 228 g/mol. The SMILES string of the molecule is O=S(=O)(O)C1CCC(Oc2ccccc2)C1. The van der Waals surface area contributed by atoms with Gasteiger partial charge in [0.15, 0.2) is 0 Å². The van der Waals surface area contributed by atoms with E-state index in [1.807, 2.05) is 30.3 Å². The lowest BCUT2D eigenvalue weighted by molar-refractivity contribution is 0.210. The van der Waals surface area contributed by atoms with E-state index in [4.69, 9.17) is 9.29 Å². The minimum absolute atomic E-state index is 0.116. The zero-order chi connectivity index (χ0) is 11.6. The van der Waals surface area contributed by atoms with Crippen molar-refractivity contribution >= 4 is 10.1 Å². The van der Waals surface area contributed by atoms with E-state index in [-0.39, 0.29) is 6.10 Å². The molecule has 1 fully saturated rings. The highest BCUT2D eigenvalue weighted by Crippen LogP contribution is 2.28. The van der Waals surface area contributed by atoms with Gasteiger partial charge in [-0.25, -0.2) is 0 Å². The predicted molar refractivity (Wildman–Crippen MR) is 60.0 cm³/mol. The maximum atomic E-state index is 10.9. The van der Waals surface area contributed by atoms with Gasteiger partial charge in [-0.2, -0.15) is 8.42 Å². The van der Waals surface area contributed by atoms with Crippen molar-refractivity contribution in [2.75, 3.05) is 0 Å². The summed E-state index contributed by atoms with van der Waals surface area (Å²) in [7, 11) is -3.91. The summed E-state index contributed by atoms with van der Waals surface area (Å²) in [5, 5.41) is -0.666. The molecule has 4 nitrogen and oxygen atoms in total. The fourth-order valence-corrected chi connectivity index (χ4v) is 2.86. The smallest absolute Gasteiger partial charge is 0.267 e. The fraction of sp³-hybridized carbons (Fsp3) is 0.455. The molecular formula is C11H14O4S. The molecule has 1 saturated carbocycles. The Hall–Kier alpha value is -1.07. The van der Waals surface area contributed by atoms with Crippen molar-refractivity contribution in [1.29, 1.82) is 0 Å². The lowest BCUT2D eigenvalue weighted by Gasteiger charge is -2.13. The summed E-state index contributed by atoms with van der Waals surface area (Å²) in [5.41, 5.74) is 0. The van der Waals surface area contributed by atoms with Gasteiger partial charge in [0.05, 0.1) is 5.25 Å². The van der Waals surface area contributed by atoms with Gasteiger partial charge >= 0.3 is 0 Å². The van der Waals surface area contributed by atoms with E-state index in [1.54, 1.807) is 0 Å². The summed E-state index contributed by atoms with van der Waals surface area (Å²) in [6, 6.07) is 9.29. The minimum atomic E-state index is -3.91. The second-order valence-corrected chi connectivity index (χ2v) is 5.70. The molecule has 0 bridgehead atoms. The van der Waals surface area contributed by atoms with E-state index in [9.17, 15) is 8.42 Å². The third-order valence-electron chi connectivity index (χ3n) is 2.80. The minimum Gasteiger partial charge on any atom is -0.490 e. The average molecular weight is 242 g/mol. The van der Waals surface area contributed by atoms with Crippen LogP contribution in [0.3, 0.4) is 0 Å². The zero-order valence-electron chi connectivity index (χ0n) is 8.74. The van der Waals surface area contributed by atoms with Gasteiger partial charge in [0.25, 0.3) is 10.1 Å². The van der Waals surface area contributed by atoms with Gasteiger partial charge in [0, 0.05) is 6.42 Å². The van der Waals surface area contributed by atoms with Crippen molar-refractivity contribution in [3.05, 3.63) is 30.3 Å². The van der Waals surface area contributed by atoms with Crippen LogP contribution in [-0.4, -0.2) is 24.3 Å². The van der Waals surface area contributed by atoms with Crippen molar-refractivity contribution in [2.45, 2.75) is 30.6 Å². The first kappa shape index (κ1) is 11.4. The molecule has 0 aliphatic heterocycles. The van der Waals surface area contributed by atoms with Crippen LogP contribution >= 0.6 is 0 Å². The van der Waals surface area contributed by atoms with Crippen molar-refractivity contribution < 1.29 is 17.7 Å². The number of rotatable bonds is 3. The van der Waals surface area contributed by atoms with E-state index < -0.39 is 15.4 Å². The summed E-state index contributed by atoms with van der Waals surface area (Å²) < 4.78 is 36.4. The first-order valence-corrected chi connectivity index (χ1v) is 6.74. The van der Waals surface area contributed by atoms with Crippen LogP contribution < -0.4 is 4.74 Å². The summed E-state index contributed by atoms with van der Waals surface area (Å²) in [6.07, 6.45) is 1.39. The average Bonchev–Trinajstić information content (AvgIpc) is 2.67. The highest BCUT2D eigenvalue weighted by molar-refractivity contribution is 7.86. The van der Waals surface area contributed by atoms with Gasteiger partial charge in [-0.3, -0.25) is 4.55 Å². The van der Waals surface area contributed by atoms with E-state index >= 15 is 0 Å². The molecule has 88 valence electrons. The predicted octanol–water partition coefficient (Wildman–Crippen LogP) is 1.87. The number of para-hydroxylation sites is 1. The Morgan fingerprint density at radius 2 is 1.88 bits per heavy atom. The summed E-state index contributed by atoms with van der Waals surface area (Å²) >= 11 is 0. The quantitative estimate of drug-likeness (QED) is 0.822. The molecule has 0 heterocycles. The molecule has 2 rings (SSSR count). The second kappa shape index (κ2) is 4.43. The zero-order valence-corrected chi connectivity index (χ0v) is 9.56. The van der Waals surface area contributed by atoms with Gasteiger partial charge in [0.1, 0.15) is 11.9 Å². The van der Waals surface area contributed by atoms with Crippen molar-refractivity contribution in [3.8, 4) is 5.75 Å². The van der Waals surface area contributed by atoms with Crippen LogP contribution in [0.2, 0.25) is 0 Å². The third-order valence-corrected chi connectivity index (χ3v) is 4.07. The van der Waals surface area contributed by atoms with Crippen molar-refractivity contribution in [2.24, 2.45) is 0 Å². The Bertz CT molecular complexity index is 440. The van der Waals surface area contributed by atoms with Gasteiger partial charge in [-0.1, -0.05) is 18.2 Å². The van der Waals surface area contributed by atoms with Crippen LogP contribution in [0.4, 0.5) is 0 Å². The second-order valence-electron chi connectivity index (χ2n) is 4.00. The summed E-state index contributed by atoms with van der Waals surface area (Å²) in [5.74, 6) is 0.739. The van der Waals surface area contributed by atoms with E-state index in [2.05, 4.69) is 0 Å². The molecule has 0 saturated heterocycles. The number of hydrogen-bond acceptors (Lipinski definition) is 3. The third kappa shape index (κ3) is 2.74. The molecule has 16 heavy (non-hydrogen) atoms. The first-order chi connectivity index (χ1) is 7.55. The normalized spacial score (nSPS) is 25.6. The van der Waals surface area contributed by atoms with Gasteiger partial charge < -0.3 is 4.74 Å². The maximum Gasteiger partial charge on any atom is 0.267 e. The largest absolute Gasteiger partial charge is 0.490 e. The lowest BCUT2D eigenvalue weighted by Crippen LogP contribution is -2.19. The molecule has 1 aromatic rings. The fourth-order valence-electron chi connectivity index (χ4n) is 1.97. The molecule has 1 aliphatic carbocycles. The number of ether oxygens (including phenoxy) is 1. The monoisotopic (exact) mass is 242 g/mol. The molecule has 1 aromatic carbocycles. The van der Waals surface area contributed by atoms with Gasteiger partial charge in [-0.15, -0.1) is 0 Å². The Kier molecular flexibility index (Phi) is 3.16. The molecule has 0 aromatic heterocycles. The molecule has 5 heteroatoms. The van der Waals surface area contributed by atoms with Crippen molar-refractivity contribution in [3.63, 3.8) is 0 Å². The summed E-state index contributed by atoms with van der Waals surface area (Å²) in [4.78, 5) is 0. The molecule has 0 radical (unpaired) electrons. The lowest BCUT2D eigenvalue weighted by atomic mass is 10.3. The molecule has 2 unspecified atom stereocenters. The number of hydrogen-bond donors (Lipinski definition) is 1. The highest BCUT2D eigenvalue weighted by Gasteiger charge is 2.34. The van der Waals surface area contributed by atoms with Crippen LogP contribution in [0.25, 0.3) is 0 Å². The highest BCUT2D eigenvalue weighted by atomic mass is 32.2. The Morgan fingerprint density at radius 3 is 2.44 bits per heavy atom. The van der Waals surface area contributed by atoms with Crippen LogP contribution in [0, 0.1) is 0 Å². The molecule has 1 N–H and O–H groups in total. The van der Waals surface area contributed by atoms with Crippen LogP contribution in [0.15, 0.2) is 30.3 Å².